The Bertz CT molecular complexity index is 3280. The second-order valence-electron chi connectivity index (χ2n) is 16.5. The summed E-state index contributed by atoms with van der Waals surface area (Å²) in [6, 6.07) is 9.82. The van der Waals surface area contributed by atoms with Crippen LogP contribution >= 0.6 is 0 Å². The molecule has 3 amide bonds. The van der Waals surface area contributed by atoms with Gasteiger partial charge in [-0.2, -0.15) is 10.2 Å². The van der Waals surface area contributed by atoms with Gasteiger partial charge in [-0.05, 0) is 76.9 Å². The number of benzene rings is 2. The number of nitrogens with two attached hydrogens (primary N) is 2. The third-order valence-corrected chi connectivity index (χ3v) is 12.8. The first-order valence-corrected chi connectivity index (χ1v) is 24.6. The largest absolute Gasteiger partial charge is 0.491 e. The lowest BCUT2D eigenvalue weighted by Crippen LogP contribution is -2.28. The Labute approximate surface area is 408 Å². The minimum atomic E-state index is -3.74. The van der Waals surface area contributed by atoms with E-state index in [4.69, 9.17) is 45.7 Å². The number of imidazole rings is 1. The quantitative estimate of drug-likeness (QED) is 0.0373. The molecule has 0 radical (unpaired) electrons. The van der Waals surface area contributed by atoms with Gasteiger partial charge in [0.25, 0.3) is 5.91 Å². The molecule has 0 bridgehead atoms. The topological polar surface area (TPSA) is 311 Å². The van der Waals surface area contributed by atoms with Crippen LogP contribution in [-0.4, -0.2) is 120 Å². The molecule has 0 atom stereocenters. The summed E-state index contributed by atoms with van der Waals surface area (Å²) in [5, 5.41) is 22.1. The Morgan fingerprint density at radius 2 is 1.42 bits per heavy atom. The van der Waals surface area contributed by atoms with E-state index in [0.717, 1.165) is 11.4 Å². The smallest absolute Gasteiger partial charge is 0.303 e. The van der Waals surface area contributed by atoms with E-state index >= 15 is 0 Å². The summed E-state index contributed by atoms with van der Waals surface area (Å²) in [5.41, 5.74) is 16.2. The van der Waals surface area contributed by atoms with Gasteiger partial charge in [0.2, 0.25) is 27.8 Å². The van der Waals surface area contributed by atoms with Crippen LogP contribution in [0, 0.1) is 13.8 Å². The Balaban J connectivity index is 1.29. The fraction of sp³-hybridized carbons (Fsp3) is 0.383. The molecule has 0 aliphatic rings. The summed E-state index contributed by atoms with van der Waals surface area (Å²) in [5.74, 6) is -2.19. The number of hydrogen-bond donors (Lipinski definition) is 5. The van der Waals surface area contributed by atoms with Gasteiger partial charge >= 0.3 is 5.97 Å². The van der Waals surface area contributed by atoms with Crippen LogP contribution in [0.3, 0.4) is 0 Å². The number of methoxy groups -OCH3 is 1. The molecule has 0 fully saturated rings. The molecule has 5 aromatic heterocycles. The molecule has 2 aromatic carbocycles. The van der Waals surface area contributed by atoms with Crippen LogP contribution < -0.4 is 31.0 Å². The van der Waals surface area contributed by atoms with Gasteiger partial charge in [0.1, 0.15) is 34.1 Å². The van der Waals surface area contributed by atoms with Crippen molar-refractivity contribution >= 4 is 72.6 Å². The standard InChI is InChI=1S/C47H57N13O10S/c1-6-59-35(21-28(3)55-59)44-50-27-33-32-23-30(42(48)63)25-37(70-19-12-17-68-5)40(32)57(45(33)53-44)15-8-9-16-58-41-34(52-47(58)54-46(65)36-22-29(4)56-60(36)7-2)24-31(43(49)64)26-38(41)69-18-11-14-51-71(66,67)20-10-13-39(61)62/h8-9,21-27,51H,6-7,10-20H2,1-5H3,(H2,48,63)(H2,49,64)(H,61,62)(H,52,54,65). The van der Waals surface area contributed by atoms with Gasteiger partial charge in [0.15, 0.2) is 5.82 Å². The number of hydrogen-bond acceptors (Lipinski definition) is 14. The molecule has 0 saturated heterocycles. The third kappa shape index (κ3) is 11.8. The van der Waals surface area contributed by atoms with E-state index in [1.54, 1.807) is 47.7 Å². The van der Waals surface area contributed by atoms with Crippen molar-refractivity contribution < 1.29 is 46.9 Å². The fourth-order valence-corrected chi connectivity index (χ4v) is 9.21. The number of carboxylic acid groups (broad SMARTS) is 1. The molecule has 376 valence electrons. The SMILES string of the molecule is CCn1nc(C)cc1C(=O)Nc1nc2cc(C(N)=O)cc(OCCCNS(=O)(=O)CCCC(=O)O)c2n1CC=CCn1c2nc(-c3cc(C)nn3CC)ncc2c2cc(C(N)=O)cc(OCCCOC)c21. The number of sulfonamides is 1. The molecule has 5 heterocycles. The number of carbonyl (C=O) groups excluding carboxylic acids is 3. The molecule has 0 spiro atoms. The van der Waals surface area contributed by atoms with E-state index in [9.17, 15) is 27.6 Å². The summed E-state index contributed by atoms with van der Waals surface area (Å²) in [6.45, 7) is 9.54. The number of aryl methyl sites for hydroxylation is 4. The molecule has 7 N–H and O–H groups in total. The summed E-state index contributed by atoms with van der Waals surface area (Å²) >= 11 is 0. The molecule has 7 rings (SSSR count). The van der Waals surface area contributed by atoms with Crippen LogP contribution in [0.25, 0.3) is 44.5 Å². The van der Waals surface area contributed by atoms with Gasteiger partial charge in [-0.25, -0.2) is 28.1 Å². The van der Waals surface area contributed by atoms with E-state index in [1.165, 1.54) is 12.1 Å². The zero-order chi connectivity index (χ0) is 51.0. The van der Waals surface area contributed by atoms with Crippen molar-refractivity contribution in [2.75, 3.05) is 44.5 Å². The lowest BCUT2D eigenvalue weighted by molar-refractivity contribution is -0.137. The highest BCUT2D eigenvalue weighted by Gasteiger charge is 2.24. The van der Waals surface area contributed by atoms with Crippen molar-refractivity contribution in [1.29, 1.82) is 0 Å². The second kappa shape index (κ2) is 22.4. The summed E-state index contributed by atoms with van der Waals surface area (Å²) in [7, 11) is -2.14. The van der Waals surface area contributed by atoms with Gasteiger partial charge in [0.05, 0.1) is 41.4 Å². The van der Waals surface area contributed by atoms with Crippen LogP contribution in [0.2, 0.25) is 0 Å². The number of carboxylic acids is 1. The summed E-state index contributed by atoms with van der Waals surface area (Å²) in [6.07, 6.45) is 5.90. The molecular weight excluding hydrogens is 939 g/mol. The number of aromatic nitrogens is 9. The molecule has 24 heteroatoms. The first kappa shape index (κ1) is 51.2. The summed E-state index contributed by atoms with van der Waals surface area (Å²) in [4.78, 5) is 64.7. The predicted octanol–water partition coefficient (Wildman–Crippen LogP) is 4.33. The number of anilines is 1. The van der Waals surface area contributed by atoms with Crippen LogP contribution in [-0.2, 0) is 45.7 Å². The van der Waals surface area contributed by atoms with Crippen molar-refractivity contribution in [2.24, 2.45) is 11.5 Å². The van der Waals surface area contributed by atoms with E-state index < -0.39 is 33.7 Å². The van der Waals surface area contributed by atoms with Crippen LogP contribution in [0.15, 0.2) is 54.7 Å². The normalized spacial score (nSPS) is 11.9. The number of nitrogens with zero attached hydrogens (tertiary/aromatic N) is 9. The molecule has 0 unspecified atom stereocenters. The zero-order valence-electron chi connectivity index (χ0n) is 40.1. The number of carbonyl (C=O) groups is 4. The molecule has 7 aromatic rings. The molecular formula is C47H57N13O10S. The number of rotatable bonds is 26. The molecule has 23 nitrogen and oxygen atoms in total. The number of ether oxygens (including phenoxy) is 3. The number of fused-ring (bicyclic) bond motifs is 4. The van der Waals surface area contributed by atoms with E-state index in [1.807, 2.05) is 48.2 Å². The third-order valence-electron chi connectivity index (χ3n) is 11.3. The number of allylic oxidation sites excluding steroid dienone is 2. The Morgan fingerprint density at radius 1 is 0.775 bits per heavy atom. The van der Waals surface area contributed by atoms with Gasteiger partial charge in [0, 0.05) is 87.4 Å². The highest BCUT2D eigenvalue weighted by molar-refractivity contribution is 7.89. The minimum absolute atomic E-state index is 0.0112. The first-order chi connectivity index (χ1) is 34.0. The zero-order valence-corrected chi connectivity index (χ0v) is 40.9. The fourth-order valence-electron chi connectivity index (χ4n) is 8.09. The van der Waals surface area contributed by atoms with Crippen molar-refractivity contribution in [1.82, 2.24) is 48.4 Å². The molecule has 0 aliphatic carbocycles. The lowest BCUT2D eigenvalue weighted by atomic mass is 10.1. The monoisotopic (exact) mass is 995 g/mol. The average molecular weight is 996 g/mol. The maximum absolute atomic E-state index is 13.9. The number of nitrogens with one attached hydrogen (secondary N) is 2. The van der Waals surface area contributed by atoms with E-state index in [-0.39, 0.29) is 86.2 Å². The molecule has 0 aliphatic heterocycles. The summed E-state index contributed by atoms with van der Waals surface area (Å²) < 4.78 is 52.3. The maximum atomic E-state index is 13.9. The van der Waals surface area contributed by atoms with E-state index in [2.05, 4.69) is 20.2 Å². The van der Waals surface area contributed by atoms with Crippen molar-refractivity contribution in [3.05, 3.63) is 83.0 Å². The maximum Gasteiger partial charge on any atom is 0.303 e. The van der Waals surface area contributed by atoms with Crippen molar-refractivity contribution in [3.8, 4) is 23.0 Å². The van der Waals surface area contributed by atoms with Crippen LogP contribution in [0.1, 0.15) is 82.1 Å². The van der Waals surface area contributed by atoms with Gasteiger partial charge < -0.3 is 39.9 Å². The number of aliphatic carboxylic acids is 1. The predicted molar refractivity (Wildman–Crippen MR) is 264 cm³/mol. The van der Waals surface area contributed by atoms with Crippen LogP contribution in [0.5, 0.6) is 11.5 Å². The number of amides is 3. The first-order valence-electron chi connectivity index (χ1n) is 23.0. The molecule has 71 heavy (non-hydrogen) atoms. The van der Waals surface area contributed by atoms with Crippen LogP contribution in [0.4, 0.5) is 5.95 Å². The van der Waals surface area contributed by atoms with Gasteiger partial charge in [-0.1, -0.05) is 12.2 Å². The number of primary amides is 2. The Kier molecular flexibility index (Phi) is 16.1. The minimum Gasteiger partial charge on any atom is -0.491 e. The van der Waals surface area contributed by atoms with Gasteiger partial charge in [-0.3, -0.25) is 33.9 Å². The van der Waals surface area contributed by atoms with E-state index in [0.29, 0.717) is 76.5 Å². The molecule has 0 saturated carbocycles. The van der Waals surface area contributed by atoms with Crippen molar-refractivity contribution in [3.63, 3.8) is 0 Å². The second-order valence-corrected chi connectivity index (χ2v) is 18.5. The Morgan fingerprint density at radius 3 is 2.10 bits per heavy atom. The van der Waals surface area contributed by atoms with Gasteiger partial charge in [-0.15, -0.1) is 0 Å². The Hall–Kier alpha value is -7.70. The average Bonchev–Trinajstić information content (AvgIpc) is 4.09. The highest BCUT2D eigenvalue weighted by Crippen LogP contribution is 2.37. The lowest BCUT2D eigenvalue weighted by Gasteiger charge is -2.14. The van der Waals surface area contributed by atoms with Crippen molar-refractivity contribution in [2.45, 2.75) is 79.6 Å². The highest BCUT2D eigenvalue weighted by atomic mass is 32.2.